The molecule has 0 amide bonds. The van der Waals surface area contributed by atoms with Crippen molar-refractivity contribution in [3.8, 4) is 0 Å². The summed E-state index contributed by atoms with van der Waals surface area (Å²) in [5.74, 6) is 0. The average Bonchev–Trinajstić information content (AvgIpc) is 3.28. The van der Waals surface area contributed by atoms with Crippen molar-refractivity contribution in [2.75, 3.05) is 13.2 Å². The number of hydrogen-bond donors (Lipinski definition) is 0. The maximum absolute atomic E-state index is 13.9. The zero-order chi connectivity index (χ0) is 39.4. The molecule has 1 saturated heterocycles. The third-order valence-electron chi connectivity index (χ3n) is 6.79. The zero-order valence-electron chi connectivity index (χ0n) is 31.2. The molecule has 52 heavy (non-hydrogen) atoms. The molecule has 18 heteroatoms. The minimum Gasteiger partial charge on any atom is -0.431 e. The minimum absolute atomic E-state index is 0.00123. The van der Waals surface area contributed by atoms with Crippen molar-refractivity contribution in [1.82, 2.24) is 9.13 Å². The minimum atomic E-state index is -4.24. The summed E-state index contributed by atoms with van der Waals surface area (Å²) in [5, 5.41) is 0. The van der Waals surface area contributed by atoms with E-state index in [1.807, 2.05) is 0 Å². The molecule has 0 bridgehead atoms. The first-order chi connectivity index (χ1) is 23.8. The predicted molar refractivity (Wildman–Crippen MR) is 182 cm³/mol. The van der Waals surface area contributed by atoms with E-state index < -0.39 is 101 Å². The van der Waals surface area contributed by atoms with Gasteiger partial charge in [0.1, 0.15) is 29.5 Å². The summed E-state index contributed by atoms with van der Waals surface area (Å²) in [6.07, 6.45) is -8.66. The van der Waals surface area contributed by atoms with Crippen molar-refractivity contribution < 1.29 is 60.1 Å². The first kappa shape index (κ1) is 42.0. The van der Waals surface area contributed by atoms with Gasteiger partial charge < -0.3 is 33.2 Å². The number of ether oxygens (including phenoxy) is 7. The van der Waals surface area contributed by atoms with Gasteiger partial charge in [-0.3, -0.25) is 18.1 Å². The molecule has 0 saturated carbocycles. The molecular weight excluding hydrogens is 708 g/mol. The molecule has 1 aromatic carbocycles. The molecule has 1 aromatic heterocycles. The first-order valence-electron chi connectivity index (χ1n) is 16.4. The van der Waals surface area contributed by atoms with Crippen LogP contribution in [0.15, 0.2) is 44.9 Å². The van der Waals surface area contributed by atoms with Gasteiger partial charge in [0.2, 0.25) is 0 Å². The molecule has 290 valence electrons. The quantitative estimate of drug-likeness (QED) is 0.186. The van der Waals surface area contributed by atoms with Gasteiger partial charge in [0.05, 0.1) is 18.0 Å². The standard InChI is InChI=1S/C34H48N2O15S/c1-20-12-14-22(15-13-20)52(42,43)45-17-16-35-26(37)21(2)18-36(28(35)38)27-25(48-31(41)51-34(9,10)11)24(47-30(40)50-33(6,7)8)23(46-27)19-44-29(39)49-32(3,4)5/h12-15,18,23-25,27H,16-17,19H2,1-11H3/t23-,24+,25?,27-/m1/s1. The Morgan fingerprint density at radius 2 is 1.27 bits per heavy atom. The summed E-state index contributed by atoms with van der Waals surface area (Å²) >= 11 is 0. The summed E-state index contributed by atoms with van der Waals surface area (Å²) in [7, 11) is -4.24. The highest BCUT2D eigenvalue weighted by atomic mass is 32.2. The lowest BCUT2D eigenvalue weighted by Gasteiger charge is -2.28. The van der Waals surface area contributed by atoms with Crippen LogP contribution in [-0.2, 0) is 54.0 Å². The van der Waals surface area contributed by atoms with Gasteiger partial charge in [-0.05, 0) is 88.3 Å². The maximum atomic E-state index is 13.9. The molecule has 17 nitrogen and oxygen atoms in total. The number of hydrogen-bond acceptors (Lipinski definition) is 15. The maximum Gasteiger partial charge on any atom is 0.509 e. The Kier molecular flexibility index (Phi) is 13.0. The van der Waals surface area contributed by atoms with Gasteiger partial charge in [0.15, 0.2) is 18.4 Å². The van der Waals surface area contributed by atoms with E-state index >= 15 is 0 Å². The Labute approximate surface area is 302 Å². The lowest BCUT2D eigenvalue weighted by atomic mass is 10.1. The highest BCUT2D eigenvalue weighted by Gasteiger charge is 2.53. The number of aryl methyl sites for hydroxylation is 2. The van der Waals surface area contributed by atoms with Crippen molar-refractivity contribution in [2.24, 2.45) is 0 Å². The molecule has 1 aliphatic heterocycles. The molecule has 0 N–H and O–H groups in total. The monoisotopic (exact) mass is 756 g/mol. The second-order valence-corrected chi connectivity index (χ2v) is 16.6. The van der Waals surface area contributed by atoms with E-state index in [4.69, 9.17) is 37.3 Å². The third kappa shape index (κ3) is 12.1. The fraction of sp³-hybridized carbons (Fsp3) is 0.618. The Morgan fingerprint density at radius 3 is 1.79 bits per heavy atom. The molecule has 2 aromatic rings. The Bertz CT molecular complexity index is 1830. The Hall–Kier alpha value is -4.42. The Balaban J connectivity index is 2.05. The molecule has 1 fully saturated rings. The highest BCUT2D eigenvalue weighted by Crippen LogP contribution is 2.35. The largest absolute Gasteiger partial charge is 0.509 e. The van der Waals surface area contributed by atoms with Gasteiger partial charge in [-0.15, -0.1) is 0 Å². The summed E-state index contributed by atoms with van der Waals surface area (Å²) in [6, 6.07) is 5.89. The lowest BCUT2D eigenvalue weighted by molar-refractivity contribution is -0.0883. The molecule has 1 unspecified atom stereocenters. The van der Waals surface area contributed by atoms with Crippen LogP contribution in [0.4, 0.5) is 14.4 Å². The van der Waals surface area contributed by atoms with Crippen molar-refractivity contribution in [2.45, 2.75) is 129 Å². The normalized spacial score (nSPS) is 19.4. The van der Waals surface area contributed by atoms with E-state index in [9.17, 15) is 32.4 Å². The second-order valence-electron chi connectivity index (χ2n) is 15.0. The van der Waals surface area contributed by atoms with Crippen LogP contribution in [0.5, 0.6) is 0 Å². The van der Waals surface area contributed by atoms with Crippen LogP contribution in [0.25, 0.3) is 0 Å². The molecule has 4 atom stereocenters. The van der Waals surface area contributed by atoms with Gasteiger partial charge in [0.25, 0.3) is 15.7 Å². The van der Waals surface area contributed by atoms with Crippen LogP contribution in [0.2, 0.25) is 0 Å². The number of aromatic nitrogens is 2. The topological polar surface area (TPSA) is 203 Å². The van der Waals surface area contributed by atoms with Crippen molar-refractivity contribution in [3.63, 3.8) is 0 Å². The molecule has 2 heterocycles. The van der Waals surface area contributed by atoms with E-state index in [0.717, 1.165) is 16.3 Å². The van der Waals surface area contributed by atoms with E-state index in [0.29, 0.717) is 4.57 Å². The van der Waals surface area contributed by atoms with Crippen LogP contribution >= 0.6 is 0 Å². The summed E-state index contributed by atoms with van der Waals surface area (Å²) in [5.41, 5.74) is -3.95. The molecule has 0 spiro atoms. The SMILES string of the molecule is Cc1ccc(S(=O)(=O)OCCn2c(=O)c(C)cn([C@@H]3O[C@H](COC(=O)OC(C)(C)C)[C@H](OC(=O)OC(C)(C)C)C3OC(=O)OC(C)(C)C)c2=O)cc1. The van der Waals surface area contributed by atoms with Gasteiger partial charge in [-0.1, -0.05) is 17.7 Å². The Morgan fingerprint density at radius 1 is 0.769 bits per heavy atom. The van der Waals surface area contributed by atoms with Crippen LogP contribution in [0, 0.1) is 13.8 Å². The van der Waals surface area contributed by atoms with Crippen LogP contribution in [-0.4, -0.2) is 84.3 Å². The lowest BCUT2D eigenvalue weighted by Crippen LogP contribution is -2.47. The predicted octanol–water partition coefficient (Wildman–Crippen LogP) is 4.52. The van der Waals surface area contributed by atoms with Crippen molar-refractivity contribution >= 4 is 28.6 Å². The van der Waals surface area contributed by atoms with Crippen molar-refractivity contribution in [1.29, 1.82) is 0 Å². The summed E-state index contributed by atoms with van der Waals surface area (Å²) in [4.78, 5) is 65.4. The van der Waals surface area contributed by atoms with Gasteiger partial charge in [0, 0.05) is 11.8 Å². The van der Waals surface area contributed by atoms with Gasteiger partial charge in [-0.2, -0.15) is 8.42 Å². The molecule has 0 aliphatic carbocycles. The second kappa shape index (κ2) is 16.1. The van der Waals surface area contributed by atoms with Crippen LogP contribution in [0.3, 0.4) is 0 Å². The first-order valence-corrected chi connectivity index (χ1v) is 17.8. The van der Waals surface area contributed by atoms with E-state index in [1.54, 1.807) is 81.4 Å². The van der Waals surface area contributed by atoms with E-state index in [2.05, 4.69) is 0 Å². The van der Waals surface area contributed by atoms with E-state index in [1.165, 1.54) is 19.1 Å². The third-order valence-corrected chi connectivity index (χ3v) is 8.11. The summed E-state index contributed by atoms with van der Waals surface area (Å²) < 4.78 is 70.6. The molecule has 1 aliphatic rings. The summed E-state index contributed by atoms with van der Waals surface area (Å²) in [6.45, 7) is 15.8. The number of carbonyl (C=O) groups excluding carboxylic acids is 3. The van der Waals surface area contributed by atoms with Crippen LogP contribution < -0.4 is 11.2 Å². The van der Waals surface area contributed by atoms with Crippen LogP contribution in [0.1, 0.15) is 79.7 Å². The number of carbonyl (C=O) groups is 3. The fourth-order valence-electron chi connectivity index (χ4n) is 4.68. The molecule has 3 rings (SSSR count). The van der Waals surface area contributed by atoms with E-state index in [-0.39, 0.29) is 10.5 Å². The number of benzene rings is 1. The van der Waals surface area contributed by atoms with Gasteiger partial charge in [-0.25, -0.2) is 19.2 Å². The fourth-order valence-corrected chi connectivity index (χ4v) is 5.58. The molecule has 0 radical (unpaired) electrons. The van der Waals surface area contributed by atoms with Crippen molar-refractivity contribution in [3.05, 3.63) is 62.4 Å². The molecular formula is C34H48N2O15S. The number of nitrogens with zero attached hydrogens (tertiary/aromatic N) is 2. The smallest absolute Gasteiger partial charge is 0.431 e. The number of rotatable bonds is 10. The average molecular weight is 757 g/mol. The van der Waals surface area contributed by atoms with Gasteiger partial charge >= 0.3 is 24.2 Å². The zero-order valence-corrected chi connectivity index (χ0v) is 32.1. The highest BCUT2D eigenvalue weighted by molar-refractivity contribution is 7.86.